The fourth-order valence-electron chi connectivity index (χ4n) is 3.63. The number of nitro benzene ring substituents is 1. The number of methoxy groups -OCH3 is 1. The molecule has 2 aromatic rings. The Morgan fingerprint density at radius 2 is 2.06 bits per heavy atom. The van der Waals surface area contributed by atoms with Gasteiger partial charge in [-0.15, -0.1) is 0 Å². The van der Waals surface area contributed by atoms with Gasteiger partial charge in [0.1, 0.15) is 35.5 Å². The Morgan fingerprint density at radius 1 is 1.29 bits per heavy atom. The Hall–Kier alpha value is -4.52. The van der Waals surface area contributed by atoms with Crippen molar-refractivity contribution in [3.05, 3.63) is 86.5 Å². The van der Waals surface area contributed by atoms with Gasteiger partial charge >= 0.3 is 5.97 Å². The standard InChI is InChI=1S/C24H23N3O7/c1-4-32-24(28)21-14(2)34-23(26)19(12-25)22(21)15-8-9-20(31-3)16(10-15)13-33-18-7-5-6-17(11-18)27(29)30/h5-11,22H,4,13,26H2,1-3H3. The first-order chi connectivity index (χ1) is 16.3. The molecule has 0 radical (unpaired) electrons. The van der Waals surface area contributed by atoms with Crippen LogP contribution >= 0.6 is 0 Å². The Labute approximate surface area is 195 Å². The lowest BCUT2D eigenvalue weighted by Crippen LogP contribution is -2.25. The number of hydrogen-bond donors (Lipinski definition) is 1. The monoisotopic (exact) mass is 465 g/mol. The molecule has 0 saturated carbocycles. The minimum absolute atomic E-state index is 0.0138. The largest absolute Gasteiger partial charge is 0.496 e. The summed E-state index contributed by atoms with van der Waals surface area (Å²) in [5.74, 6) is -0.489. The van der Waals surface area contributed by atoms with Crippen molar-refractivity contribution in [2.24, 2.45) is 5.73 Å². The summed E-state index contributed by atoms with van der Waals surface area (Å²) < 4.78 is 21.8. The molecule has 1 aliphatic rings. The second kappa shape index (κ2) is 10.4. The van der Waals surface area contributed by atoms with Crippen molar-refractivity contribution in [3.8, 4) is 17.6 Å². The van der Waals surface area contributed by atoms with Crippen molar-refractivity contribution in [2.75, 3.05) is 13.7 Å². The second-order valence-corrected chi connectivity index (χ2v) is 7.23. The highest BCUT2D eigenvalue weighted by molar-refractivity contribution is 5.92. The number of allylic oxidation sites excluding steroid dienone is 2. The summed E-state index contributed by atoms with van der Waals surface area (Å²) >= 11 is 0. The van der Waals surface area contributed by atoms with E-state index in [1.54, 1.807) is 38.1 Å². The van der Waals surface area contributed by atoms with E-state index in [2.05, 4.69) is 0 Å². The average molecular weight is 465 g/mol. The third-order valence-electron chi connectivity index (χ3n) is 5.16. The van der Waals surface area contributed by atoms with Gasteiger partial charge in [0.15, 0.2) is 0 Å². The van der Waals surface area contributed by atoms with Crippen molar-refractivity contribution in [1.82, 2.24) is 0 Å². The highest BCUT2D eigenvalue weighted by atomic mass is 16.6. The maximum Gasteiger partial charge on any atom is 0.338 e. The van der Waals surface area contributed by atoms with E-state index in [1.807, 2.05) is 6.07 Å². The van der Waals surface area contributed by atoms with E-state index < -0.39 is 16.8 Å². The van der Waals surface area contributed by atoms with Gasteiger partial charge in [0, 0.05) is 11.6 Å². The molecule has 176 valence electrons. The number of nitrogens with two attached hydrogens (primary N) is 1. The van der Waals surface area contributed by atoms with Crippen LogP contribution in [0.15, 0.2) is 65.3 Å². The zero-order chi connectivity index (χ0) is 24.8. The predicted octanol–water partition coefficient (Wildman–Crippen LogP) is 3.83. The zero-order valence-electron chi connectivity index (χ0n) is 18.9. The Balaban J connectivity index is 2.01. The first-order valence-electron chi connectivity index (χ1n) is 10.3. The first-order valence-corrected chi connectivity index (χ1v) is 10.3. The van der Waals surface area contributed by atoms with Gasteiger partial charge in [-0.1, -0.05) is 12.1 Å². The molecule has 34 heavy (non-hydrogen) atoms. The summed E-state index contributed by atoms with van der Waals surface area (Å²) in [6, 6.07) is 13.0. The molecule has 2 N–H and O–H groups in total. The van der Waals surface area contributed by atoms with Crippen molar-refractivity contribution < 1.29 is 28.7 Å². The summed E-state index contributed by atoms with van der Waals surface area (Å²) in [5.41, 5.74) is 7.27. The molecule has 0 aromatic heterocycles. The van der Waals surface area contributed by atoms with Crippen LogP contribution in [-0.2, 0) is 20.9 Å². The topological polar surface area (TPSA) is 147 Å². The van der Waals surface area contributed by atoms with Gasteiger partial charge in [0.25, 0.3) is 5.69 Å². The molecule has 1 heterocycles. The van der Waals surface area contributed by atoms with Crippen molar-refractivity contribution >= 4 is 11.7 Å². The molecule has 0 saturated heterocycles. The van der Waals surface area contributed by atoms with Crippen LogP contribution in [0.1, 0.15) is 30.9 Å². The van der Waals surface area contributed by atoms with E-state index in [-0.39, 0.29) is 41.7 Å². The number of nitrogens with zero attached hydrogens (tertiary/aromatic N) is 2. The van der Waals surface area contributed by atoms with E-state index in [9.17, 15) is 20.2 Å². The third kappa shape index (κ3) is 4.94. The molecule has 10 nitrogen and oxygen atoms in total. The molecule has 0 aliphatic carbocycles. The number of esters is 1. The van der Waals surface area contributed by atoms with Gasteiger partial charge < -0.3 is 24.7 Å². The molecule has 1 unspecified atom stereocenters. The van der Waals surface area contributed by atoms with Gasteiger partial charge in [-0.3, -0.25) is 10.1 Å². The number of nitro groups is 1. The number of carbonyl (C=O) groups excluding carboxylic acids is 1. The normalized spacial score (nSPS) is 15.3. The van der Waals surface area contributed by atoms with E-state index in [1.165, 1.54) is 25.3 Å². The number of benzene rings is 2. The van der Waals surface area contributed by atoms with Gasteiger partial charge in [-0.25, -0.2) is 4.79 Å². The average Bonchev–Trinajstić information content (AvgIpc) is 2.82. The molecule has 1 atom stereocenters. The van der Waals surface area contributed by atoms with Crippen LogP contribution in [0.25, 0.3) is 0 Å². The molecular weight excluding hydrogens is 442 g/mol. The summed E-state index contributed by atoms with van der Waals surface area (Å²) in [5, 5.41) is 20.8. The minimum Gasteiger partial charge on any atom is -0.496 e. The number of rotatable bonds is 8. The second-order valence-electron chi connectivity index (χ2n) is 7.23. The third-order valence-corrected chi connectivity index (χ3v) is 5.16. The highest BCUT2D eigenvalue weighted by Gasteiger charge is 2.36. The van der Waals surface area contributed by atoms with Gasteiger partial charge in [0.05, 0.1) is 36.2 Å². The van der Waals surface area contributed by atoms with Crippen molar-refractivity contribution in [1.29, 1.82) is 5.26 Å². The predicted molar refractivity (Wildman–Crippen MR) is 120 cm³/mol. The molecule has 0 bridgehead atoms. The zero-order valence-corrected chi connectivity index (χ0v) is 18.9. The lowest BCUT2D eigenvalue weighted by atomic mass is 9.82. The lowest BCUT2D eigenvalue weighted by Gasteiger charge is -2.27. The highest BCUT2D eigenvalue weighted by Crippen LogP contribution is 2.41. The molecule has 2 aromatic carbocycles. The quantitative estimate of drug-likeness (QED) is 0.349. The molecule has 10 heteroatoms. The van der Waals surface area contributed by atoms with Crippen LogP contribution in [0.4, 0.5) is 5.69 Å². The smallest absolute Gasteiger partial charge is 0.338 e. The molecule has 3 rings (SSSR count). The molecule has 1 aliphatic heterocycles. The summed E-state index contributed by atoms with van der Waals surface area (Å²) in [6.07, 6.45) is 0. The Bertz CT molecular complexity index is 1230. The van der Waals surface area contributed by atoms with Crippen LogP contribution in [0.5, 0.6) is 11.5 Å². The molecule has 0 fully saturated rings. The van der Waals surface area contributed by atoms with E-state index in [4.69, 9.17) is 24.7 Å². The number of ether oxygens (including phenoxy) is 4. The maximum atomic E-state index is 12.7. The van der Waals surface area contributed by atoms with Crippen LogP contribution in [-0.4, -0.2) is 24.6 Å². The summed E-state index contributed by atoms with van der Waals surface area (Å²) in [7, 11) is 1.49. The minimum atomic E-state index is -0.819. The van der Waals surface area contributed by atoms with Crippen LogP contribution in [0.2, 0.25) is 0 Å². The van der Waals surface area contributed by atoms with E-state index in [0.717, 1.165) is 0 Å². The van der Waals surface area contributed by atoms with Crippen molar-refractivity contribution in [3.63, 3.8) is 0 Å². The van der Waals surface area contributed by atoms with Gasteiger partial charge in [0.2, 0.25) is 5.88 Å². The Kier molecular flexibility index (Phi) is 7.38. The van der Waals surface area contributed by atoms with E-state index >= 15 is 0 Å². The molecule has 0 amide bonds. The van der Waals surface area contributed by atoms with Gasteiger partial charge in [-0.2, -0.15) is 5.26 Å². The fraction of sp³-hybridized carbons (Fsp3) is 0.250. The first kappa shape index (κ1) is 24.1. The molecule has 0 spiro atoms. The lowest BCUT2D eigenvalue weighted by molar-refractivity contribution is -0.384. The fourth-order valence-corrected chi connectivity index (χ4v) is 3.63. The number of nitriles is 1. The number of non-ortho nitro benzene ring substituents is 1. The SMILES string of the molecule is CCOC(=O)C1=C(C)OC(N)=C(C#N)C1c1ccc(OC)c(COc2cccc([N+](=O)[O-])c2)c1. The maximum absolute atomic E-state index is 12.7. The number of carbonyl (C=O) groups is 1. The number of hydrogen-bond acceptors (Lipinski definition) is 9. The van der Waals surface area contributed by atoms with Gasteiger partial charge in [-0.05, 0) is 37.6 Å². The Morgan fingerprint density at radius 3 is 2.71 bits per heavy atom. The van der Waals surface area contributed by atoms with Crippen LogP contribution in [0.3, 0.4) is 0 Å². The summed E-state index contributed by atoms with van der Waals surface area (Å²) in [4.78, 5) is 23.2. The summed E-state index contributed by atoms with van der Waals surface area (Å²) in [6.45, 7) is 3.42. The molecular formula is C24H23N3O7. The van der Waals surface area contributed by atoms with E-state index in [0.29, 0.717) is 22.6 Å². The van der Waals surface area contributed by atoms with Crippen LogP contribution in [0, 0.1) is 21.4 Å². The van der Waals surface area contributed by atoms with Crippen molar-refractivity contribution in [2.45, 2.75) is 26.4 Å². The van der Waals surface area contributed by atoms with Crippen LogP contribution < -0.4 is 15.2 Å².